The summed E-state index contributed by atoms with van der Waals surface area (Å²) in [4.78, 5) is 25.6. The Morgan fingerprint density at radius 2 is 1.44 bits per heavy atom. The van der Waals surface area contributed by atoms with E-state index in [1.165, 1.54) is 12.1 Å². The van der Waals surface area contributed by atoms with Gasteiger partial charge in [-0.25, -0.2) is 22.7 Å². The molecule has 8 nitrogen and oxygen atoms in total. The minimum absolute atomic E-state index is 0.147. The number of unbranched alkanes of at least 4 members (excludes halogenated alkanes) is 1. The predicted octanol–water partition coefficient (Wildman–Crippen LogP) is 3.23. The van der Waals surface area contributed by atoms with Crippen LogP contribution in [0.5, 0.6) is 0 Å². The summed E-state index contributed by atoms with van der Waals surface area (Å²) in [6.07, 6.45) is 0.999. The lowest BCUT2D eigenvalue weighted by molar-refractivity contribution is -0.172. The fourth-order valence-electron chi connectivity index (χ4n) is 3.51. The molecule has 0 radical (unpaired) electrons. The smallest absolute Gasteiger partial charge is 0.355 e. The Morgan fingerprint density at radius 3 is 1.97 bits per heavy atom. The number of hydrogen-bond donors (Lipinski definition) is 3. The SMILES string of the molecule is N[C@@H](CCCCNS(=O)(=O)c1ccc(Br)cc1)C(=O)OC(=O)C(O)(c1ccccc1)c1ccccc1. The Hall–Kier alpha value is -2.89. The Labute approximate surface area is 218 Å². The van der Waals surface area contributed by atoms with E-state index < -0.39 is 33.6 Å². The third-order valence-corrected chi connectivity index (χ3v) is 7.54. The lowest BCUT2D eigenvalue weighted by Crippen LogP contribution is -2.43. The molecule has 0 unspecified atom stereocenters. The number of carbonyl (C=O) groups is 2. The summed E-state index contributed by atoms with van der Waals surface area (Å²) < 4.78 is 32.9. The number of ether oxygens (including phenoxy) is 1. The van der Waals surface area contributed by atoms with Gasteiger partial charge in [0.1, 0.15) is 6.04 Å². The van der Waals surface area contributed by atoms with Gasteiger partial charge in [0, 0.05) is 11.0 Å². The third kappa shape index (κ3) is 6.86. The van der Waals surface area contributed by atoms with Crippen molar-refractivity contribution in [2.75, 3.05) is 6.54 Å². The molecular weight excluding hydrogens is 548 g/mol. The number of aliphatic hydroxyl groups is 1. The second-order valence-corrected chi connectivity index (χ2v) is 10.8. The van der Waals surface area contributed by atoms with Crippen LogP contribution in [0.15, 0.2) is 94.3 Å². The zero-order chi connectivity index (χ0) is 26.2. The van der Waals surface area contributed by atoms with Crippen molar-refractivity contribution in [3.8, 4) is 0 Å². The number of halogens is 1. The zero-order valence-electron chi connectivity index (χ0n) is 19.3. The lowest BCUT2D eigenvalue weighted by atomic mass is 9.86. The molecular formula is C26H27BrN2O6S. The predicted molar refractivity (Wildman–Crippen MR) is 138 cm³/mol. The highest BCUT2D eigenvalue weighted by molar-refractivity contribution is 9.10. The van der Waals surface area contributed by atoms with Crippen molar-refractivity contribution in [2.45, 2.75) is 35.8 Å². The maximum atomic E-state index is 13.0. The molecule has 190 valence electrons. The first kappa shape index (κ1) is 27.7. The summed E-state index contributed by atoms with van der Waals surface area (Å²) in [5.74, 6) is -2.12. The molecule has 0 aliphatic heterocycles. The van der Waals surface area contributed by atoms with Crippen LogP contribution in [0.4, 0.5) is 0 Å². The molecule has 1 atom stereocenters. The first-order valence-electron chi connectivity index (χ1n) is 11.2. The molecule has 36 heavy (non-hydrogen) atoms. The highest BCUT2D eigenvalue weighted by atomic mass is 79.9. The molecule has 4 N–H and O–H groups in total. The van der Waals surface area contributed by atoms with Crippen molar-refractivity contribution >= 4 is 37.9 Å². The van der Waals surface area contributed by atoms with Crippen LogP contribution in [0.1, 0.15) is 30.4 Å². The topological polar surface area (TPSA) is 136 Å². The minimum Gasteiger partial charge on any atom is -0.389 e. The number of nitrogens with one attached hydrogen (secondary N) is 1. The fraction of sp³-hybridized carbons (Fsp3) is 0.231. The van der Waals surface area contributed by atoms with Gasteiger partial charge in [0.2, 0.25) is 15.6 Å². The lowest BCUT2D eigenvalue weighted by Gasteiger charge is -2.27. The zero-order valence-corrected chi connectivity index (χ0v) is 21.7. The number of nitrogens with two attached hydrogens (primary N) is 1. The second kappa shape index (κ2) is 12.4. The average molecular weight is 575 g/mol. The van der Waals surface area contributed by atoms with E-state index in [0.29, 0.717) is 12.8 Å². The van der Waals surface area contributed by atoms with Crippen LogP contribution in [0.2, 0.25) is 0 Å². The molecule has 0 fully saturated rings. The largest absolute Gasteiger partial charge is 0.389 e. The van der Waals surface area contributed by atoms with Crippen LogP contribution in [0, 0.1) is 0 Å². The van der Waals surface area contributed by atoms with Crippen molar-refractivity contribution in [2.24, 2.45) is 5.73 Å². The monoisotopic (exact) mass is 574 g/mol. The number of benzene rings is 3. The molecule has 0 heterocycles. The summed E-state index contributed by atoms with van der Waals surface area (Å²) in [5, 5.41) is 11.3. The molecule has 0 aromatic heterocycles. The van der Waals surface area contributed by atoms with Crippen LogP contribution in [-0.4, -0.2) is 38.0 Å². The Morgan fingerprint density at radius 1 is 0.917 bits per heavy atom. The number of hydrogen-bond acceptors (Lipinski definition) is 7. The van der Waals surface area contributed by atoms with Gasteiger partial charge in [0.05, 0.1) is 4.90 Å². The number of sulfonamides is 1. The van der Waals surface area contributed by atoms with E-state index in [9.17, 15) is 23.1 Å². The van der Waals surface area contributed by atoms with Crippen molar-refractivity contribution in [1.29, 1.82) is 0 Å². The second-order valence-electron chi connectivity index (χ2n) is 8.10. The summed E-state index contributed by atoms with van der Waals surface area (Å²) in [6, 6.07) is 21.5. The minimum atomic E-state index is -3.65. The molecule has 3 aromatic carbocycles. The van der Waals surface area contributed by atoms with Gasteiger partial charge in [-0.15, -0.1) is 0 Å². The quantitative estimate of drug-likeness (QED) is 0.182. The standard InChI is InChI=1S/C26H27BrN2O6S/c27-21-14-16-22(17-15-21)36(33,34)29-18-8-7-13-23(28)24(30)35-25(31)26(32,19-9-3-1-4-10-19)20-11-5-2-6-12-20/h1-6,9-12,14-17,23,29,32H,7-8,13,18,28H2/t23-/m0/s1. The summed E-state index contributed by atoms with van der Waals surface area (Å²) in [7, 11) is -3.65. The number of carbonyl (C=O) groups excluding carboxylic acids is 2. The van der Waals surface area contributed by atoms with Crippen LogP contribution in [-0.2, 0) is 30.0 Å². The van der Waals surface area contributed by atoms with E-state index in [4.69, 9.17) is 10.5 Å². The summed E-state index contributed by atoms with van der Waals surface area (Å²) in [5.41, 5.74) is 4.22. The van der Waals surface area contributed by atoms with E-state index in [1.54, 1.807) is 72.8 Å². The fourth-order valence-corrected chi connectivity index (χ4v) is 4.85. The normalized spacial score (nSPS) is 12.6. The number of esters is 2. The van der Waals surface area contributed by atoms with Gasteiger partial charge in [-0.3, -0.25) is 0 Å². The molecule has 0 amide bonds. The molecule has 0 aliphatic rings. The van der Waals surface area contributed by atoms with Crippen LogP contribution >= 0.6 is 15.9 Å². The molecule has 0 spiro atoms. The van der Waals surface area contributed by atoms with Gasteiger partial charge in [0.25, 0.3) is 0 Å². The molecule has 0 aliphatic carbocycles. The van der Waals surface area contributed by atoms with E-state index in [2.05, 4.69) is 20.7 Å². The van der Waals surface area contributed by atoms with Crippen LogP contribution < -0.4 is 10.5 Å². The summed E-state index contributed by atoms with van der Waals surface area (Å²) >= 11 is 3.26. The van der Waals surface area contributed by atoms with E-state index in [1.807, 2.05) is 0 Å². The van der Waals surface area contributed by atoms with Crippen molar-refractivity contribution < 1.29 is 27.9 Å². The summed E-state index contributed by atoms with van der Waals surface area (Å²) in [6.45, 7) is 0.154. The van der Waals surface area contributed by atoms with Crippen molar-refractivity contribution in [3.63, 3.8) is 0 Å². The van der Waals surface area contributed by atoms with Crippen LogP contribution in [0.3, 0.4) is 0 Å². The van der Waals surface area contributed by atoms with Crippen molar-refractivity contribution in [3.05, 3.63) is 101 Å². The first-order chi connectivity index (χ1) is 17.1. The van der Waals surface area contributed by atoms with Gasteiger partial charge in [-0.1, -0.05) is 83.0 Å². The molecule has 0 bridgehead atoms. The number of rotatable bonds is 11. The maximum absolute atomic E-state index is 13.0. The molecule has 3 aromatic rings. The van der Waals surface area contributed by atoms with Crippen LogP contribution in [0.25, 0.3) is 0 Å². The van der Waals surface area contributed by atoms with Gasteiger partial charge in [0.15, 0.2) is 0 Å². The van der Waals surface area contributed by atoms with E-state index in [0.717, 1.165) is 4.47 Å². The van der Waals surface area contributed by atoms with Gasteiger partial charge in [-0.2, -0.15) is 0 Å². The van der Waals surface area contributed by atoms with Gasteiger partial charge < -0.3 is 15.6 Å². The third-order valence-electron chi connectivity index (χ3n) is 5.53. The molecule has 0 saturated carbocycles. The highest BCUT2D eigenvalue weighted by Crippen LogP contribution is 2.31. The average Bonchev–Trinajstić information content (AvgIpc) is 2.89. The van der Waals surface area contributed by atoms with Crippen molar-refractivity contribution in [1.82, 2.24) is 4.72 Å². The van der Waals surface area contributed by atoms with Gasteiger partial charge in [-0.05, 0) is 48.2 Å². The Balaban J connectivity index is 1.54. The van der Waals surface area contributed by atoms with E-state index in [-0.39, 0.29) is 29.0 Å². The molecule has 0 saturated heterocycles. The van der Waals surface area contributed by atoms with Gasteiger partial charge >= 0.3 is 11.9 Å². The molecule has 3 rings (SSSR count). The Bertz CT molecular complexity index is 1230. The molecule has 10 heteroatoms. The first-order valence-corrected chi connectivity index (χ1v) is 13.5. The maximum Gasteiger partial charge on any atom is 0.355 e. The highest BCUT2D eigenvalue weighted by Gasteiger charge is 2.43. The Kier molecular flexibility index (Phi) is 9.52. The van der Waals surface area contributed by atoms with E-state index >= 15 is 0 Å².